The van der Waals surface area contributed by atoms with Gasteiger partial charge in [-0.3, -0.25) is 14.4 Å². The fourth-order valence-electron chi connectivity index (χ4n) is 9.86. The van der Waals surface area contributed by atoms with E-state index in [4.69, 9.17) is 47.4 Å². The van der Waals surface area contributed by atoms with E-state index in [-0.39, 0.29) is 31.7 Å². The van der Waals surface area contributed by atoms with Crippen molar-refractivity contribution >= 4 is 24.0 Å². The number of cyclic esters (lactones) is 1. The van der Waals surface area contributed by atoms with Gasteiger partial charge < -0.3 is 77.5 Å². The molecule has 0 aromatic rings. The molecule has 0 bridgehead atoms. The molecule has 0 amide bonds. The second-order valence-corrected chi connectivity index (χ2v) is 19.3. The molecule has 1 unspecified atom stereocenters. The van der Waals surface area contributed by atoms with Crippen LogP contribution in [0, 0.1) is 23.7 Å². The van der Waals surface area contributed by atoms with Gasteiger partial charge in [0.15, 0.2) is 24.7 Å². The number of methoxy groups -OCH3 is 2. The van der Waals surface area contributed by atoms with Gasteiger partial charge in [0.2, 0.25) is 0 Å². The zero-order valence-corrected chi connectivity index (χ0v) is 41.6. The number of allylic oxidation sites excluding steroid dienone is 3. The van der Waals surface area contributed by atoms with Crippen LogP contribution < -0.4 is 0 Å². The highest BCUT2D eigenvalue weighted by Crippen LogP contribution is 2.38. The number of rotatable bonds is 14. The van der Waals surface area contributed by atoms with Crippen molar-refractivity contribution in [3.8, 4) is 0 Å². The quantitative estimate of drug-likeness (QED) is 0.144. The summed E-state index contributed by atoms with van der Waals surface area (Å²) in [5, 5.41) is 44.2. The molecule has 0 spiro atoms. The first-order valence-corrected chi connectivity index (χ1v) is 23.6. The molecule has 3 saturated heterocycles. The maximum atomic E-state index is 14.1. The molecular formula is C48H79NO18. The van der Waals surface area contributed by atoms with Gasteiger partial charge in [0.25, 0.3) is 0 Å². The van der Waals surface area contributed by atoms with E-state index in [1.54, 1.807) is 66.6 Å². The van der Waals surface area contributed by atoms with E-state index >= 15 is 0 Å². The first-order valence-electron chi connectivity index (χ1n) is 23.6. The number of ether oxygens (including phenoxy) is 10. The Morgan fingerprint density at radius 2 is 1.55 bits per heavy atom. The van der Waals surface area contributed by atoms with Gasteiger partial charge in [-0.25, -0.2) is 0 Å². The molecule has 0 aromatic heterocycles. The molecule has 0 saturated carbocycles. The number of carbonyl (C=O) groups is 4. The topological polar surface area (TPSA) is 245 Å². The van der Waals surface area contributed by atoms with E-state index in [0.717, 1.165) is 0 Å². The average molecular weight is 958 g/mol. The van der Waals surface area contributed by atoms with Crippen LogP contribution in [-0.2, 0) is 66.5 Å². The molecule has 4 N–H and O–H groups in total. The number of esters is 2. The first-order chi connectivity index (χ1) is 31.5. The van der Waals surface area contributed by atoms with Gasteiger partial charge in [-0.1, -0.05) is 38.5 Å². The third-order valence-electron chi connectivity index (χ3n) is 13.7. The third kappa shape index (κ3) is 14.6. The number of aliphatic hydroxyl groups excluding tert-OH is 3. The zero-order chi connectivity index (χ0) is 50.1. The molecule has 0 aromatic carbocycles. The summed E-state index contributed by atoms with van der Waals surface area (Å²) < 4.78 is 60.9. The van der Waals surface area contributed by atoms with E-state index in [0.29, 0.717) is 18.3 Å². The van der Waals surface area contributed by atoms with Crippen LogP contribution in [0.4, 0.5) is 0 Å². The Kier molecular flexibility index (Phi) is 21.5. The van der Waals surface area contributed by atoms with E-state index in [1.807, 2.05) is 13.0 Å². The lowest BCUT2D eigenvalue weighted by Crippen LogP contribution is -2.65. The minimum Gasteiger partial charge on any atom is -0.462 e. The summed E-state index contributed by atoms with van der Waals surface area (Å²) in [5.41, 5.74) is -0.838. The van der Waals surface area contributed by atoms with E-state index < -0.39 is 146 Å². The summed E-state index contributed by atoms with van der Waals surface area (Å²) in [7, 11) is 6.41. The van der Waals surface area contributed by atoms with Crippen LogP contribution in [0.25, 0.3) is 0 Å². The van der Waals surface area contributed by atoms with Gasteiger partial charge in [0.1, 0.15) is 55.1 Å². The summed E-state index contributed by atoms with van der Waals surface area (Å²) in [6.07, 6.45) is -8.72. The van der Waals surface area contributed by atoms with Crippen LogP contribution in [0.3, 0.4) is 0 Å². The molecule has 19 nitrogen and oxygen atoms in total. The van der Waals surface area contributed by atoms with Crippen molar-refractivity contribution in [1.29, 1.82) is 0 Å². The molecule has 4 heterocycles. The van der Waals surface area contributed by atoms with Crippen molar-refractivity contribution in [1.82, 2.24) is 4.90 Å². The number of carbonyl (C=O) groups excluding carboxylic acids is 4. The molecule has 384 valence electrons. The van der Waals surface area contributed by atoms with Crippen molar-refractivity contribution in [3.63, 3.8) is 0 Å². The Morgan fingerprint density at radius 3 is 2.13 bits per heavy atom. The molecule has 67 heavy (non-hydrogen) atoms. The van der Waals surface area contributed by atoms with Crippen LogP contribution >= 0.6 is 0 Å². The van der Waals surface area contributed by atoms with Crippen LogP contribution in [0.15, 0.2) is 23.8 Å². The van der Waals surface area contributed by atoms with Crippen LogP contribution in [0.5, 0.6) is 0 Å². The molecule has 3 fully saturated rings. The maximum absolute atomic E-state index is 14.1. The van der Waals surface area contributed by atoms with Gasteiger partial charge in [-0.2, -0.15) is 0 Å². The summed E-state index contributed by atoms with van der Waals surface area (Å²) in [6, 6.07) is -0.777. The van der Waals surface area contributed by atoms with Crippen LogP contribution in [0.1, 0.15) is 94.4 Å². The van der Waals surface area contributed by atoms with Crippen molar-refractivity contribution in [2.24, 2.45) is 23.7 Å². The second kappa shape index (κ2) is 25.4. The molecule has 0 radical (unpaired) electrons. The lowest BCUT2D eigenvalue weighted by molar-refractivity contribution is -0.342. The smallest absolute Gasteiger partial charge is 0.309 e. The minimum atomic E-state index is -1.51. The van der Waals surface area contributed by atoms with Gasteiger partial charge in [-0.15, -0.1) is 0 Å². The van der Waals surface area contributed by atoms with Crippen molar-refractivity contribution < 1.29 is 87.0 Å². The highest BCUT2D eigenvalue weighted by Gasteiger charge is 2.52. The van der Waals surface area contributed by atoms with Gasteiger partial charge >= 0.3 is 11.9 Å². The molecule has 21 atom stereocenters. The number of hydrogen-bond donors (Lipinski definition) is 4. The highest BCUT2D eigenvalue weighted by molar-refractivity contribution is 5.91. The van der Waals surface area contributed by atoms with Crippen molar-refractivity contribution in [2.75, 3.05) is 34.9 Å². The Morgan fingerprint density at radius 1 is 0.896 bits per heavy atom. The number of hydrogen-bond acceptors (Lipinski definition) is 19. The standard InChI is InChI=1S/C48H79NO18/c1-14-34-32(23-60-47-44(59-13)43(58-12)39(54)27(5)62-47)19-24(2)15-16-33(52)25(3)20-31(17-18-50)41(26(4)35(64-30(8)51)21-36(53)65-34)67-46-40(55)38(49(10)11)42(28(6)63-46)66-37-22-48(9,57)45(56)29(7)61-37/h15-16,18-19,25-29,31-32,34-35,37-47,54-57H,14,17,20-23H2,1-13H3/t25-,26+,27-,28-,29+,31+,32?,34-,35-,37+,38-,39-,40-,41-,42-,43-,44-,45+,46+,47-,48-/m1/s1. The summed E-state index contributed by atoms with van der Waals surface area (Å²) >= 11 is 0. The lowest BCUT2D eigenvalue weighted by atomic mass is 9.79. The van der Waals surface area contributed by atoms with E-state index in [9.17, 15) is 39.6 Å². The van der Waals surface area contributed by atoms with Crippen molar-refractivity contribution in [3.05, 3.63) is 23.8 Å². The van der Waals surface area contributed by atoms with Gasteiger partial charge in [0, 0.05) is 51.7 Å². The molecule has 4 aliphatic heterocycles. The van der Waals surface area contributed by atoms with Crippen LogP contribution in [0.2, 0.25) is 0 Å². The molecular weight excluding hydrogens is 879 g/mol. The van der Waals surface area contributed by atoms with Crippen LogP contribution in [-0.4, -0.2) is 188 Å². The predicted octanol–water partition coefficient (Wildman–Crippen LogP) is 2.40. The SMILES string of the molecule is CC[C@H]1OC(=O)C[C@@H](OC(C)=O)[C@H](C)[C@@H](O[C@@H]2O[C@H](C)[C@@H](O[C@H]3C[C@@](C)(O)[C@@H](O)[C@H](C)O3)[C@H](N(C)C)[C@H]2O)[C@@H](CC=O)C[C@@H](C)C(=O)C=CC(C)=CC1CO[C@@H]1O[C@H](C)[C@@H](O)[C@@H](OC)[C@H]1OC. The number of ketones is 1. The summed E-state index contributed by atoms with van der Waals surface area (Å²) in [4.78, 5) is 54.9. The average Bonchev–Trinajstić information content (AvgIpc) is 3.25. The van der Waals surface area contributed by atoms with E-state index in [2.05, 4.69) is 0 Å². The number of nitrogens with zero attached hydrogens (tertiary/aromatic N) is 1. The lowest BCUT2D eigenvalue weighted by Gasteiger charge is -2.50. The third-order valence-corrected chi connectivity index (χ3v) is 13.7. The number of aliphatic hydroxyl groups is 4. The molecule has 19 heteroatoms. The molecule has 0 aliphatic carbocycles. The summed E-state index contributed by atoms with van der Waals surface area (Å²) in [6.45, 7) is 14.8. The maximum Gasteiger partial charge on any atom is 0.309 e. The van der Waals surface area contributed by atoms with Crippen molar-refractivity contribution in [2.45, 2.75) is 198 Å². The van der Waals surface area contributed by atoms with Gasteiger partial charge in [0.05, 0.1) is 49.1 Å². The Balaban J connectivity index is 1.69. The minimum absolute atomic E-state index is 0.0309. The Labute approximate surface area is 395 Å². The second-order valence-electron chi connectivity index (χ2n) is 19.3. The number of likely N-dealkylation sites (N-methyl/N-ethyl adjacent to an activating group) is 1. The largest absolute Gasteiger partial charge is 0.462 e. The normalized spacial score (nSPS) is 43.0. The monoisotopic (exact) mass is 958 g/mol. The fraction of sp³-hybridized carbons (Fsp3) is 0.833. The van der Waals surface area contributed by atoms with Gasteiger partial charge in [-0.05, 0) is 73.5 Å². The highest BCUT2D eigenvalue weighted by atomic mass is 16.7. The zero-order valence-electron chi connectivity index (χ0n) is 41.6. The Hall–Kier alpha value is -2.76. The molecule has 4 rings (SSSR count). The Bertz CT molecular complexity index is 1670. The molecule has 4 aliphatic rings. The fourth-order valence-corrected chi connectivity index (χ4v) is 9.86. The van der Waals surface area contributed by atoms with E-state index in [1.165, 1.54) is 34.1 Å². The predicted molar refractivity (Wildman–Crippen MR) is 240 cm³/mol. The summed E-state index contributed by atoms with van der Waals surface area (Å²) in [5.74, 6) is -4.40. The number of aldehydes is 1. The first kappa shape index (κ1) is 56.8.